The van der Waals surface area contributed by atoms with Crippen molar-refractivity contribution in [2.24, 2.45) is 5.73 Å². The van der Waals surface area contributed by atoms with Gasteiger partial charge < -0.3 is 20.9 Å². The zero-order valence-corrected chi connectivity index (χ0v) is 11.6. The predicted octanol–water partition coefficient (Wildman–Crippen LogP) is -0.934. The van der Waals surface area contributed by atoms with Crippen molar-refractivity contribution in [1.29, 1.82) is 0 Å². The van der Waals surface area contributed by atoms with Gasteiger partial charge in [-0.05, 0) is 19.8 Å². The molecule has 0 aromatic rings. The second kappa shape index (κ2) is 6.17. The molecular formula is C13H25N3O3. The van der Waals surface area contributed by atoms with Gasteiger partial charge >= 0.3 is 0 Å². The minimum absolute atomic E-state index is 0.0389. The van der Waals surface area contributed by atoms with Crippen LogP contribution in [0.4, 0.5) is 0 Å². The van der Waals surface area contributed by atoms with Crippen LogP contribution in [0.5, 0.6) is 0 Å². The molecule has 2 heterocycles. The Hall–Kier alpha value is -0.690. The number of nitrogens with two attached hydrogens (primary N) is 1. The molecule has 2 aliphatic rings. The third-order valence-corrected chi connectivity index (χ3v) is 4.25. The number of nitrogens with zero attached hydrogens (tertiary/aromatic N) is 1. The van der Waals surface area contributed by atoms with Crippen LogP contribution in [-0.4, -0.2) is 66.4 Å². The summed E-state index contributed by atoms with van der Waals surface area (Å²) in [5, 5.41) is 13.1. The first-order chi connectivity index (χ1) is 8.99. The zero-order valence-electron chi connectivity index (χ0n) is 11.6. The van der Waals surface area contributed by atoms with Gasteiger partial charge in [-0.1, -0.05) is 0 Å². The summed E-state index contributed by atoms with van der Waals surface area (Å²) < 4.78 is 5.34. The number of nitrogens with one attached hydrogen (secondary N) is 1. The molecule has 19 heavy (non-hydrogen) atoms. The second-order valence-electron chi connectivity index (χ2n) is 5.76. The number of amides is 1. The summed E-state index contributed by atoms with van der Waals surface area (Å²) in [5.41, 5.74) is 4.91. The standard InChI is InChI=1S/C13H25N3O3/c1-10-13(18,4-7-19-10)9-15-12(17)8-16-5-2-11(14)3-6-16/h10-11,18H,2-9,14H2,1H3,(H,15,17). The second-order valence-corrected chi connectivity index (χ2v) is 5.76. The summed E-state index contributed by atoms with van der Waals surface area (Å²) in [6, 6.07) is 0.275. The number of piperidine rings is 1. The van der Waals surface area contributed by atoms with Crippen LogP contribution in [0.25, 0.3) is 0 Å². The molecule has 6 heteroatoms. The Balaban J connectivity index is 1.70. The number of rotatable bonds is 4. The van der Waals surface area contributed by atoms with Crippen molar-refractivity contribution in [2.75, 3.05) is 32.8 Å². The van der Waals surface area contributed by atoms with E-state index in [0.717, 1.165) is 25.9 Å². The van der Waals surface area contributed by atoms with E-state index in [1.54, 1.807) is 0 Å². The van der Waals surface area contributed by atoms with E-state index in [4.69, 9.17) is 10.5 Å². The van der Waals surface area contributed by atoms with Gasteiger partial charge in [0.05, 0.1) is 12.6 Å². The van der Waals surface area contributed by atoms with Crippen molar-refractivity contribution >= 4 is 5.91 Å². The maximum atomic E-state index is 11.9. The van der Waals surface area contributed by atoms with Crippen LogP contribution in [0.2, 0.25) is 0 Å². The van der Waals surface area contributed by atoms with Gasteiger partial charge in [0, 0.05) is 38.7 Å². The highest BCUT2D eigenvalue weighted by Gasteiger charge is 2.39. The molecule has 0 bridgehead atoms. The monoisotopic (exact) mass is 271 g/mol. The highest BCUT2D eigenvalue weighted by molar-refractivity contribution is 5.78. The molecular weight excluding hydrogens is 246 g/mol. The fourth-order valence-electron chi connectivity index (χ4n) is 2.62. The molecule has 2 saturated heterocycles. The lowest BCUT2D eigenvalue weighted by Gasteiger charge is -2.30. The van der Waals surface area contributed by atoms with Gasteiger partial charge in [0.1, 0.15) is 5.60 Å². The normalized spacial score (nSPS) is 33.5. The van der Waals surface area contributed by atoms with E-state index in [-0.39, 0.29) is 24.6 Å². The average Bonchev–Trinajstić information content (AvgIpc) is 2.71. The Morgan fingerprint density at radius 1 is 1.53 bits per heavy atom. The minimum atomic E-state index is -0.917. The summed E-state index contributed by atoms with van der Waals surface area (Å²) in [6.45, 7) is 4.79. The number of hydrogen-bond acceptors (Lipinski definition) is 5. The summed E-state index contributed by atoms with van der Waals surface area (Å²) >= 11 is 0. The molecule has 2 aliphatic heterocycles. The maximum absolute atomic E-state index is 11.9. The number of likely N-dealkylation sites (tertiary alicyclic amines) is 1. The largest absolute Gasteiger partial charge is 0.385 e. The van der Waals surface area contributed by atoms with E-state index < -0.39 is 5.60 Å². The Morgan fingerprint density at radius 3 is 2.79 bits per heavy atom. The Labute approximate surface area is 114 Å². The fourth-order valence-corrected chi connectivity index (χ4v) is 2.62. The Morgan fingerprint density at radius 2 is 2.21 bits per heavy atom. The molecule has 0 saturated carbocycles. The van der Waals surface area contributed by atoms with Crippen LogP contribution in [0.3, 0.4) is 0 Å². The van der Waals surface area contributed by atoms with E-state index in [0.29, 0.717) is 19.6 Å². The van der Waals surface area contributed by atoms with Gasteiger partial charge in [-0.25, -0.2) is 0 Å². The number of ether oxygens (including phenoxy) is 1. The van der Waals surface area contributed by atoms with Crippen molar-refractivity contribution in [3.63, 3.8) is 0 Å². The average molecular weight is 271 g/mol. The van der Waals surface area contributed by atoms with E-state index in [1.165, 1.54) is 0 Å². The lowest BCUT2D eigenvalue weighted by Crippen LogP contribution is -2.50. The SMILES string of the molecule is CC1OCCC1(O)CNC(=O)CN1CCC(N)CC1. The molecule has 4 N–H and O–H groups in total. The number of carbonyl (C=O) groups excluding carboxylic acids is 1. The van der Waals surface area contributed by atoms with Crippen molar-refractivity contribution < 1.29 is 14.6 Å². The quantitative estimate of drug-likeness (QED) is 0.614. The summed E-state index contributed by atoms with van der Waals surface area (Å²) in [6.07, 6.45) is 2.25. The summed E-state index contributed by atoms with van der Waals surface area (Å²) in [4.78, 5) is 14.0. The molecule has 0 aromatic heterocycles. The summed E-state index contributed by atoms with van der Waals surface area (Å²) in [7, 11) is 0. The van der Waals surface area contributed by atoms with Crippen LogP contribution >= 0.6 is 0 Å². The first kappa shape index (κ1) is 14.7. The van der Waals surface area contributed by atoms with Gasteiger partial charge in [0.15, 0.2) is 0 Å². The first-order valence-corrected chi connectivity index (χ1v) is 7.08. The van der Waals surface area contributed by atoms with Crippen molar-refractivity contribution in [3.05, 3.63) is 0 Å². The van der Waals surface area contributed by atoms with E-state index in [9.17, 15) is 9.90 Å². The molecule has 0 radical (unpaired) electrons. The Bertz CT molecular complexity index is 318. The van der Waals surface area contributed by atoms with Gasteiger partial charge in [0.25, 0.3) is 0 Å². The topological polar surface area (TPSA) is 87.8 Å². The Kier molecular flexibility index (Phi) is 4.78. The predicted molar refractivity (Wildman–Crippen MR) is 71.6 cm³/mol. The smallest absolute Gasteiger partial charge is 0.234 e. The van der Waals surface area contributed by atoms with E-state index in [1.807, 2.05) is 6.92 Å². The van der Waals surface area contributed by atoms with E-state index in [2.05, 4.69) is 10.2 Å². The van der Waals surface area contributed by atoms with Gasteiger partial charge in [-0.15, -0.1) is 0 Å². The molecule has 0 aromatic carbocycles. The van der Waals surface area contributed by atoms with Gasteiger partial charge in [0.2, 0.25) is 5.91 Å². The van der Waals surface area contributed by atoms with Gasteiger partial charge in [-0.3, -0.25) is 9.69 Å². The molecule has 110 valence electrons. The van der Waals surface area contributed by atoms with Crippen molar-refractivity contribution in [1.82, 2.24) is 10.2 Å². The summed E-state index contributed by atoms with van der Waals surface area (Å²) in [5.74, 6) is -0.0389. The van der Waals surface area contributed by atoms with E-state index >= 15 is 0 Å². The number of hydrogen-bond donors (Lipinski definition) is 3. The highest BCUT2D eigenvalue weighted by atomic mass is 16.5. The minimum Gasteiger partial charge on any atom is -0.385 e. The molecule has 0 aliphatic carbocycles. The van der Waals surface area contributed by atoms with Crippen LogP contribution < -0.4 is 11.1 Å². The molecule has 2 rings (SSSR count). The molecule has 2 unspecified atom stereocenters. The van der Waals surface area contributed by atoms with Gasteiger partial charge in [-0.2, -0.15) is 0 Å². The fraction of sp³-hybridized carbons (Fsp3) is 0.923. The van der Waals surface area contributed by atoms with Crippen LogP contribution in [0.1, 0.15) is 26.2 Å². The van der Waals surface area contributed by atoms with Crippen LogP contribution in [0, 0.1) is 0 Å². The molecule has 6 nitrogen and oxygen atoms in total. The number of carbonyl (C=O) groups is 1. The molecule has 2 fully saturated rings. The zero-order chi connectivity index (χ0) is 13.9. The van der Waals surface area contributed by atoms with Crippen LogP contribution in [0.15, 0.2) is 0 Å². The highest BCUT2D eigenvalue weighted by Crippen LogP contribution is 2.24. The lowest BCUT2D eigenvalue weighted by atomic mass is 9.97. The molecule has 1 amide bonds. The third-order valence-electron chi connectivity index (χ3n) is 4.25. The van der Waals surface area contributed by atoms with Crippen molar-refractivity contribution in [3.8, 4) is 0 Å². The van der Waals surface area contributed by atoms with Crippen molar-refractivity contribution in [2.45, 2.75) is 43.9 Å². The van der Waals surface area contributed by atoms with Crippen LogP contribution in [-0.2, 0) is 9.53 Å². The maximum Gasteiger partial charge on any atom is 0.234 e. The number of aliphatic hydroxyl groups is 1. The first-order valence-electron chi connectivity index (χ1n) is 7.08. The third kappa shape index (κ3) is 3.89. The lowest BCUT2D eigenvalue weighted by molar-refractivity contribution is -0.124. The molecule has 0 spiro atoms. The molecule has 2 atom stereocenters.